The van der Waals surface area contributed by atoms with Gasteiger partial charge in [-0.3, -0.25) is 0 Å². The molecule has 0 N–H and O–H groups in total. The van der Waals surface area contributed by atoms with E-state index in [1.165, 1.54) is 12.2 Å². The molecule has 0 unspecified atom stereocenters. The molecule has 0 fully saturated rings. The van der Waals surface area contributed by atoms with Gasteiger partial charge in [0.15, 0.2) is 12.4 Å². The summed E-state index contributed by atoms with van der Waals surface area (Å²) in [6, 6.07) is 9.38. The number of rotatable bonds is 3. The van der Waals surface area contributed by atoms with Gasteiger partial charge >= 0.3 is 0 Å². The number of hydrogen-bond donors (Lipinski definition) is 0. The average Bonchev–Trinajstić information content (AvgIpc) is 2.33. The Morgan fingerprint density at radius 2 is 1.88 bits per heavy atom. The second kappa shape index (κ2) is 10.6. The lowest BCUT2D eigenvalue weighted by atomic mass is 10.3. The summed E-state index contributed by atoms with van der Waals surface area (Å²) in [6.07, 6.45) is 6.88. The van der Waals surface area contributed by atoms with E-state index < -0.39 is 0 Å². The first kappa shape index (κ1) is 13.5. The Morgan fingerprint density at radius 3 is 2.31 bits per heavy atom. The van der Waals surface area contributed by atoms with Crippen molar-refractivity contribution in [3.05, 3.63) is 36.0 Å². The number of hydrogen-bond acceptors (Lipinski definition) is 3. The topological polar surface area (TPSA) is 86.1 Å². The number of aliphatic imine (C=N–C) groups is 1. The van der Waals surface area contributed by atoms with Crippen molar-refractivity contribution < 1.29 is 4.57 Å². The van der Waals surface area contributed by atoms with E-state index in [4.69, 9.17) is 15.9 Å². The van der Waals surface area contributed by atoms with Crippen LogP contribution in [0.1, 0.15) is 12.8 Å². The summed E-state index contributed by atoms with van der Waals surface area (Å²) in [4.78, 5) is 2.58. The van der Waals surface area contributed by atoms with Crippen LogP contribution >= 0.6 is 0 Å². The number of pyridine rings is 1. The van der Waals surface area contributed by atoms with Crippen LogP contribution in [0.2, 0.25) is 0 Å². The van der Waals surface area contributed by atoms with Gasteiger partial charge in [0, 0.05) is 25.0 Å². The Bertz CT molecular complexity index is 406. The Balaban J connectivity index is 0.000000385. The third kappa shape index (κ3) is 8.12. The van der Waals surface area contributed by atoms with Crippen LogP contribution in [0.5, 0.6) is 0 Å². The maximum Gasteiger partial charge on any atom is 0.168 e. The third-order valence-corrected chi connectivity index (χ3v) is 1.58. The minimum Gasteiger partial charge on any atom is -0.422 e. The van der Waals surface area contributed by atoms with E-state index in [1.807, 2.05) is 30.6 Å². The minimum absolute atomic E-state index is 0.641. The molecule has 0 spiro atoms. The molecule has 80 valence electrons. The summed E-state index contributed by atoms with van der Waals surface area (Å²) in [5.41, 5.74) is 0. The Hall–Kier alpha value is -2.49. The highest BCUT2D eigenvalue weighted by atomic mass is 14.9. The number of nitriles is 2. The minimum atomic E-state index is 0.641. The van der Waals surface area contributed by atoms with Gasteiger partial charge in [-0.2, -0.15) is 10.5 Å². The van der Waals surface area contributed by atoms with Crippen LogP contribution in [-0.4, -0.2) is 6.01 Å². The van der Waals surface area contributed by atoms with Crippen LogP contribution in [0.3, 0.4) is 0 Å². The summed E-state index contributed by atoms with van der Waals surface area (Å²) in [5.74, 6) is 0. The van der Waals surface area contributed by atoms with E-state index in [0.29, 0.717) is 6.42 Å². The summed E-state index contributed by atoms with van der Waals surface area (Å²) < 4.78 is 2.08. The molecule has 0 aliphatic rings. The summed E-state index contributed by atoms with van der Waals surface area (Å²) in [7, 11) is 0. The molecule has 0 amide bonds. The van der Waals surface area contributed by atoms with Crippen LogP contribution in [0.25, 0.3) is 5.41 Å². The lowest BCUT2D eigenvalue weighted by Gasteiger charge is -1.90. The fourth-order valence-electron chi connectivity index (χ4n) is 0.946. The van der Waals surface area contributed by atoms with Gasteiger partial charge in [-0.05, 0) is 0 Å². The molecule has 16 heavy (non-hydrogen) atoms. The monoisotopic (exact) mass is 213 g/mol. The van der Waals surface area contributed by atoms with Gasteiger partial charge < -0.3 is 10.4 Å². The van der Waals surface area contributed by atoms with Crippen molar-refractivity contribution in [1.82, 2.24) is 0 Å². The summed E-state index contributed by atoms with van der Waals surface area (Å²) >= 11 is 0. The van der Waals surface area contributed by atoms with Gasteiger partial charge in [0.1, 0.15) is 6.54 Å². The first-order valence-corrected chi connectivity index (χ1v) is 4.64. The zero-order valence-corrected chi connectivity index (χ0v) is 8.74. The van der Waals surface area contributed by atoms with Crippen LogP contribution in [-0.2, 0) is 6.54 Å². The molecule has 0 radical (unpaired) electrons. The quantitative estimate of drug-likeness (QED) is 0.329. The van der Waals surface area contributed by atoms with Crippen molar-refractivity contribution in [1.29, 1.82) is 10.5 Å². The van der Waals surface area contributed by atoms with E-state index in [0.717, 1.165) is 13.0 Å². The number of unbranched alkanes of at least 4 members (excludes halogenated alkanes) is 1. The van der Waals surface area contributed by atoms with Gasteiger partial charge in [-0.25, -0.2) is 4.57 Å². The van der Waals surface area contributed by atoms with Gasteiger partial charge in [-0.1, -0.05) is 6.07 Å². The lowest BCUT2D eigenvalue weighted by Crippen LogP contribution is -2.31. The molecule has 0 saturated heterocycles. The molecule has 1 aromatic rings. The first-order valence-electron chi connectivity index (χ1n) is 4.64. The fourth-order valence-corrected chi connectivity index (χ4v) is 0.946. The van der Waals surface area contributed by atoms with E-state index in [1.54, 1.807) is 0 Å². The van der Waals surface area contributed by atoms with Crippen LogP contribution in [0.15, 0.2) is 35.6 Å². The number of aromatic nitrogens is 1. The molecule has 1 aromatic heterocycles. The number of aryl methyl sites for hydroxylation is 1. The van der Waals surface area contributed by atoms with Crippen molar-refractivity contribution in [3.63, 3.8) is 0 Å². The molecule has 1 rings (SSSR count). The second-order valence-corrected chi connectivity index (χ2v) is 2.69. The van der Waals surface area contributed by atoms with Crippen molar-refractivity contribution in [3.8, 4) is 12.3 Å². The van der Waals surface area contributed by atoms with Gasteiger partial charge in [0.2, 0.25) is 0 Å². The zero-order chi connectivity index (χ0) is 12.1. The highest BCUT2D eigenvalue weighted by Crippen LogP contribution is 1.85. The molecule has 1 heterocycles. The maximum absolute atomic E-state index is 8.29. The lowest BCUT2D eigenvalue weighted by molar-refractivity contribution is -0.697. The Morgan fingerprint density at radius 1 is 1.19 bits per heavy atom. The average molecular weight is 213 g/mol. The molecular weight excluding hydrogens is 202 g/mol. The second-order valence-electron chi connectivity index (χ2n) is 2.69. The van der Waals surface area contributed by atoms with Crippen LogP contribution in [0, 0.1) is 22.8 Å². The van der Waals surface area contributed by atoms with E-state index in [2.05, 4.69) is 15.6 Å². The van der Waals surface area contributed by atoms with E-state index in [9.17, 15) is 0 Å². The fraction of sp³-hybridized carbons (Fsp3) is 0.273. The maximum atomic E-state index is 8.29. The van der Waals surface area contributed by atoms with Crippen molar-refractivity contribution in [2.24, 2.45) is 4.99 Å². The molecule has 5 heteroatoms. The van der Waals surface area contributed by atoms with E-state index in [-0.39, 0.29) is 0 Å². The largest absolute Gasteiger partial charge is 0.422 e. The predicted molar refractivity (Wildman–Crippen MR) is 57.9 cm³/mol. The van der Waals surface area contributed by atoms with Crippen LogP contribution < -0.4 is 4.57 Å². The van der Waals surface area contributed by atoms with Gasteiger partial charge in [-0.15, -0.1) is 6.01 Å². The molecule has 0 aliphatic carbocycles. The molecule has 0 aromatic carbocycles. The zero-order valence-electron chi connectivity index (χ0n) is 8.74. The van der Waals surface area contributed by atoms with E-state index >= 15 is 0 Å². The highest BCUT2D eigenvalue weighted by Gasteiger charge is 1.95. The number of nitrogens with zero attached hydrogens (tertiary/aromatic N) is 5. The van der Waals surface area contributed by atoms with Crippen molar-refractivity contribution in [2.75, 3.05) is 0 Å². The molecule has 0 bridgehead atoms. The Labute approximate surface area is 94.4 Å². The SMILES string of the molecule is N#CCCC[n+]1ccccc1.N#CN=C=[N-]. The smallest absolute Gasteiger partial charge is 0.168 e. The first-order chi connectivity index (χ1) is 7.85. The van der Waals surface area contributed by atoms with Crippen molar-refractivity contribution >= 4 is 6.01 Å². The third-order valence-electron chi connectivity index (χ3n) is 1.58. The van der Waals surface area contributed by atoms with Gasteiger partial charge in [0.25, 0.3) is 0 Å². The normalized spacial score (nSPS) is 7.38. The summed E-state index contributed by atoms with van der Waals surface area (Å²) in [5, 5.41) is 23.1. The highest BCUT2D eigenvalue weighted by molar-refractivity contribution is 5.46. The predicted octanol–water partition coefficient (Wildman–Crippen LogP) is 1.49. The standard InChI is InChI=1S/C9H11N2.C2N3/c10-6-2-5-9-11-7-3-1-4-8-11;3-1-5-2-4/h1,3-4,7-8H,2,5,9H2;/q+1;-1. The molecular formula is C11H11N5. The Kier molecular flexibility index (Phi) is 8.94. The molecule has 0 atom stereocenters. The van der Waals surface area contributed by atoms with Crippen LogP contribution in [0.4, 0.5) is 0 Å². The summed E-state index contributed by atoms with van der Waals surface area (Å²) in [6.45, 7) is 0.939. The van der Waals surface area contributed by atoms with Gasteiger partial charge in [0.05, 0.1) is 12.3 Å². The molecule has 0 saturated carbocycles. The van der Waals surface area contributed by atoms with Crippen molar-refractivity contribution in [2.45, 2.75) is 19.4 Å². The molecule has 0 aliphatic heterocycles. The molecule has 5 nitrogen and oxygen atoms in total.